The molecule has 2 saturated heterocycles. The molecule has 0 unspecified atom stereocenters. The summed E-state index contributed by atoms with van der Waals surface area (Å²) in [6.07, 6.45) is 1.21. The number of nitrogens with zero attached hydrogens (tertiary/aromatic N) is 1. The Morgan fingerprint density at radius 2 is 2.10 bits per heavy atom. The van der Waals surface area contributed by atoms with Crippen molar-refractivity contribution in [1.29, 1.82) is 0 Å². The molecule has 2 aliphatic heterocycles. The number of benzene rings is 2. The second-order valence-corrected chi connectivity index (χ2v) is 9.13. The highest BCUT2D eigenvalue weighted by atomic mass is 32.2. The van der Waals surface area contributed by atoms with E-state index in [0.717, 1.165) is 22.6 Å². The van der Waals surface area contributed by atoms with E-state index in [1.54, 1.807) is 22.7 Å². The second kappa shape index (κ2) is 6.62. The fourth-order valence-electron chi connectivity index (χ4n) is 4.37. The van der Waals surface area contributed by atoms with Gasteiger partial charge in [0.2, 0.25) is 5.91 Å². The Hall–Kier alpha value is -2.80. The van der Waals surface area contributed by atoms with Crippen LogP contribution in [0.25, 0.3) is 21.7 Å². The summed E-state index contributed by atoms with van der Waals surface area (Å²) in [5.74, 6) is 0.0937. The Labute approximate surface area is 170 Å². The van der Waals surface area contributed by atoms with Crippen molar-refractivity contribution in [2.45, 2.75) is 37.3 Å². The van der Waals surface area contributed by atoms with Crippen LogP contribution in [0.15, 0.2) is 51.7 Å². The number of carbonyl (C=O) groups is 2. The Morgan fingerprint density at radius 1 is 1.28 bits per heavy atom. The lowest BCUT2D eigenvalue weighted by atomic mass is 10.0. The molecule has 2 atom stereocenters. The van der Waals surface area contributed by atoms with E-state index < -0.39 is 17.6 Å². The molecule has 2 aliphatic rings. The van der Waals surface area contributed by atoms with E-state index in [1.807, 2.05) is 37.3 Å². The standard InChI is InChI=1S/C22H19NO5S/c1-22-9-8-18(24)23(22)16(12-29-22)21(26)27-11-14-10-19(25)28-17-7-6-13-4-2-3-5-15(13)20(14)17/h2-7,10,16H,8-9,11-12H2,1H3/t16-,22+/m0/s1. The van der Waals surface area contributed by atoms with Gasteiger partial charge in [0.25, 0.3) is 0 Å². The molecule has 1 aromatic heterocycles. The second-order valence-electron chi connectivity index (χ2n) is 7.62. The van der Waals surface area contributed by atoms with Gasteiger partial charge in [-0.25, -0.2) is 9.59 Å². The van der Waals surface area contributed by atoms with Crippen LogP contribution in [0.1, 0.15) is 25.3 Å². The number of rotatable bonds is 3. The molecule has 7 heteroatoms. The van der Waals surface area contributed by atoms with Crippen molar-refractivity contribution in [3.8, 4) is 0 Å². The predicted octanol–water partition coefficient (Wildman–Crippen LogP) is 3.44. The van der Waals surface area contributed by atoms with Crippen LogP contribution >= 0.6 is 11.8 Å². The highest BCUT2D eigenvalue weighted by molar-refractivity contribution is 8.01. The first-order valence-electron chi connectivity index (χ1n) is 9.53. The number of ether oxygens (including phenoxy) is 1. The Morgan fingerprint density at radius 3 is 2.97 bits per heavy atom. The third-order valence-electron chi connectivity index (χ3n) is 5.80. The van der Waals surface area contributed by atoms with E-state index in [-0.39, 0.29) is 17.4 Å². The number of hydrogen-bond donors (Lipinski definition) is 0. The molecule has 29 heavy (non-hydrogen) atoms. The van der Waals surface area contributed by atoms with Crippen LogP contribution in [0, 0.1) is 0 Å². The van der Waals surface area contributed by atoms with Gasteiger partial charge in [-0.15, -0.1) is 11.8 Å². The topological polar surface area (TPSA) is 76.8 Å². The van der Waals surface area contributed by atoms with Crippen molar-refractivity contribution < 1.29 is 18.7 Å². The van der Waals surface area contributed by atoms with Gasteiger partial charge < -0.3 is 14.1 Å². The summed E-state index contributed by atoms with van der Waals surface area (Å²) in [5.41, 5.74) is 0.570. The lowest BCUT2D eigenvalue weighted by Crippen LogP contribution is -2.46. The minimum absolute atomic E-state index is 0.00347. The number of amides is 1. The normalized spacial score (nSPS) is 23.7. The summed E-state index contributed by atoms with van der Waals surface area (Å²) in [6.45, 7) is 1.95. The fraction of sp³-hybridized carbons (Fsp3) is 0.318. The zero-order valence-corrected chi connectivity index (χ0v) is 16.7. The third-order valence-corrected chi connectivity index (χ3v) is 7.31. The molecule has 2 aromatic carbocycles. The molecule has 0 aliphatic carbocycles. The highest BCUT2D eigenvalue weighted by Gasteiger charge is 2.53. The first-order valence-corrected chi connectivity index (χ1v) is 10.5. The van der Waals surface area contributed by atoms with Gasteiger partial charge in [-0.2, -0.15) is 0 Å². The van der Waals surface area contributed by atoms with E-state index in [1.165, 1.54) is 6.07 Å². The molecule has 6 nitrogen and oxygen atoms in total. The van der Waals surface area contributed by atoms with E-state index in [4.69, 9.17) is 9.15 Å². The molecule has 0 saturated carbocycles. The number of esters is 1. The maximum atomic E-state index is 12.8. The molecule has 3 aromatic rings. The van der Waals surface area contributed by atoms with Gasteiger partial charge in [0.15, 0.2) is 0 Å². The van der Waals surface area contributed by atoms with Gasteiger partial charge in [0.1, 0.15) is 18.2 Å². The van der Waals surface area contributed by atoms with Crippen molar-refractivity contribution in [2.75, 3.05) is 5.75 Å². The molecular formula is C22H19NO5S. The summed E-state index contributed by atoms with van der Waals surface area (Å²) in [6, 6.07) is 12.2. The Bertz CT molecular complexity index is 1220. The van der Waals surface area contributed by atoms with Gasteiger partial charge in [-0.05, 0) is 30.2 Å². The molecule has 0 radical (unpaired) electrons. The largest absolute Gasteiger partial charge is 0.459 e. The maximum absolute atomic E-state index is 12.8. The van der Waals surface area contributed by atoms with Crippen molar-refractivity contribution in [3.05, 3.63) is 58.4 Å². The quantitative estimate of drug-likeness (QED) is 0.375. The van der Waals surface area contributed by atoms with Crippen LogP contribution in [0.4, 0.5) is 0 Å². The SMILES string of the molecule is C[C@@]12CCC(=O)N1[C@H](C(=O)OCc1cc(=O)oc3ccc4ccccc4c13)CS2. The Kier molecular flexibility index (Phi) is 4.17. The lowest BCUT2D eigenvalue weighted by molar-refractivity contribution is -0.154. The van der Waals surface area contributed by atoms with Crippen molar-refractivity contribution in [2.24, 2.45) is 0 Å². The summed E-state index contributed by atoms with van der Waals surface area (Å²) in [7, 11) is 0. The summed E-state index contributed by atoms with van der Waals surface area (Å²) in [4.78, 5) is 38.4. The Balaban J connectivity index is 1.47. The van der Waals surface area contributed by atoms with Gasteiger partial charge in [0.05, 0.1) is 4.87 Å². The van der Waals surface area contributed by atoms with Crippen molar-refractivity contribution in [1.82, 2.24) is 4.90 Å². The van der Waals surface area contributed by atoms with Gasteiger partial charge in [-0.1, -0.05) is 30.3 Å². The lowest BCUT2D eigenvalue weighted by Gasteiger charge is -2.29. The smallest absolute Gasteiger partial charge is 0.336 e. The van der Waals surface area contributed by atoms with E-state index in [9.17, 15) is 14.4 Å². The van der Waals surface area contributed by atoms with Gasteiger partial charge in [-0.3, -0.25) is 4.79 Å². The molecule has 0 spiro atoms. The van der Waals surface area contributed by atoms with E-state index >= 15 is 0 Å². The number of fused-ring (bicyclic) bond motifs is 4. The molecule has 148 valence electrons. The summed E-state index contributed by atoms with van der Waals surface area (Å²) < 4.78 is 10.9. The zero-order chi connectivity index (χ0) is 20.2. The number of carbonyl (C=O) groups excluding carboxylic acids is 2. The first kappa shape index (κ1) is 18.2. The number of hydrogen-bond acceptors (Lipinski definition) is 6. The molecule has 5 rings (SSSR count). The molecular weight excluding hydrogens is 390 g/mol. The summed E-state index contributed by atoms with van der Waals surface area (Å²) in [5, 5.41) is 2.70. The highest BCUT2D eigenvalue weighted by Crippen LogP contribution is 2.47. The molecule has 0 bridgehead atoms. The first-order chi connectivity index (χ1) is 14.0. The zero-order valence-electron chi connectivity index (χ0n) is 15.8. The van der Waals surface area contributed by atoms with Gasteiger partial charge in [0, 0.05) is 29.2 Å². The third kappa shape index (κ3) is 2.92. The van der Waals surface area contributed by atoms with E-state index in [2.05, 4.69) is 0 Å². The van der Waals surface area contributed by atoms with Crippen molar-refractivity contribution >= 4 is 45.4 Å². The van der Waals surface area contributed by atoms with Crippen LogP contribution in [-0.4, -0.2) is 33.4 Å². The molecule has 0 N–H and O–H groups in total. The van der Waals surface area contributed by atoms with Crippen LogP contribution < -0.4 is 5.63 Å². The minimum atomic E-state index is -0.580. The van der Waals surface area contributed by atoms with E-state index in [0.29, 0.717) is 23.3 Å². The van der Waals surface area contributed by atoms with Gasteiger partial charge >= 0.3 is 11.6 Å². The number of thioether (sulfide) groups is 1. The van der Waals surface area contributed by atoms with Crippen LogP contribution in [0.2, 0.25) is 0 Å². The summed E-state index contributed by atoms with van der Waals surface area (Å²) >= 11 is 1.62. The minimum Gasteiger partial charge on any atom is -0.459 e. The average molecular weight is 409 g/mol. The van der Waals surface area contributed by atoms with Crippen LogP contribution in [-0.2, 0) is 20.9 Å². The molecule has 1 amide bonds. The van der Waals surface area contributed by atoms with Crippen LogP contribution in [0.3, 0.4) is 0 Å². The van der Waals surface area contributed by atoms with Crippen LogP contribution in [0.5, 0.6) is 0 Å². The monoisotopic (exact) mass is 409 g/mol. The molecule has 3 heterocycles. The fourth-order valence-corrected chi connectivity index (χ4v) is 5.79. The predicted molar refractivity (Wildman–Crippen MR) is 111 cm³/mol. The maximum Gasteiger partial charge on any atom is 0.336 e. The molecule has 2 fully saturated rings. The van der Waals surface area contributed by atoms with Crippen molar-refractivity contribution in [3.63, 3.8) is 0 Å². The average Bonchev–Trinajstić information content (AvgIpc) is 3.21.